The highest BCUT2D eigenvalue weighted by molar-refractivity contribution is 6.22. The number of fused-ring (bicyclic) bond motifs is 8. The topological polar surface area (TPSA) is 38.3 Å². The minimum absolute atomic E-state index is 0.230. The molecule has 8 aromatic rings. The zero-order chi connectivity index (χ0) is 24.5. The number of nitrogens with zero attached hydrogens (tertiary/aromatic N) is 1. The minimum Gasteiger partial charge on any atom is -0.507 e. The third-order valence-electron chi connectivity index (χ3n) is 7.46. The number of aromatic nitrogens is 1. The fourth-order valence-corrected chi connectivity index (χ4v) is 5.90. The lowest BCUT2D eigenvalue weighted by Gasteiger charge is -2.13. The summed E-state index contributed by atoms with van der Waals surface area (Å²) in [6.45, 7) is 0. The maximum absolute atomic E-state index is 11.1. The summed E-state index contributed by atoms with van der Waals surface area (Å²) in [5.74, 6) is 0.230. The van der Waals surface area contributed by atoms with Crippen molar-refractivity contribution in [2.45, 2.75) is 0 Å². The third kappa shape index (κ3) is 2.82. The molecule has 0 saturated carbocycles. The van der Waals surface area contributed by atoms with Crippen LogP contribution < -0.4 is 0 Å². The van der Waals surface area contributed by atoms with Crippen LogP contribution in [-0.4, -0.2) is 9.67 Å². The standard InChI is InChI=1S/C34H21NO2/c36-30-18-21(19-32-33(30)26-15-7-9-17-31(26)37-32)27-20-28-24-13-6-8-16-29(24)35(22-10-2-1-3-11-22)34(28)25-14-5-4-12-23(25)27/h1-20,36H. The molecular weight excluding hydrogens is 454 g/mol. The van der Waals surface area contributed by atoms with Crippen LogP contribution in [-0.2, 0) is 0 Å². The molecule has 2 aromatic heterocycles. The number of phenols is 1. The van der Waals surface area contributed by atoms with Gasteiger partial charge in [0.25, 0.3) is 0 Å². The van der Waals surface area contributed by atoms with E-state index in [4.69, 9.17) is 4.42 Å². The molecule has 1 N–H and O–H groups in total. The van der Waals surface area contributed by atoms with Crippen LogP contribution in [0.1, 0.15) is 0 Å². The molecule has 37 heavy (non-hydrogen) atoms. The van der Waals surface area contributed by atoms with Crippen LogP contribution in [0, 0.1) is 0 Å². The van der Waals surface area contributed by atoms with Crippen molar-refractivity contribution in [3.63, 3.8) is 0 Å². The molecule has 0 radical (unpaired) electrons. The lowest BCUT2D eigenvalue weighted by Crippen LogP contribution is -1.94. The van der Waals surface area contributed by atoms with Gasteiger partial charge in [-0.15, -0.1) is 0 Å². The average molecular weight is 476 g/mol. The van der Waals surface area contributed by atoms with Crippen molar-refractivity contribution in [1.82, 2.24) is 4.57 Å². The van der Waals surface area contributed by atoms with Crippen LogP contribution in [0.5, 0.6) is 5.75 Å². The predicted molar refractivity (Wildman–Crippen MR) is 153 cm³/mol. The van der Waals surface area contributed by atoms with Gasteiger partial charge in [0.15, 0.2) is 0 Å². The molecule has 0 spiro atoms. The molecule has 2 heterocycles. The molecule has 8 rings (SSSR count). The summed E-state index contributed by atoms with van der Waals surface area (Å²) in [5.41, 5.74) is 6.94. The first kappa shape index (κ1) is 20.2. The van der Waals surface area contributed by atoms with E-state index in [1.165, 1.54) is 27.2 Å². The van der Waals surface area contributed by atoms with E-state index >= 15 is 0 Å². The summed E-state index contributed by atoms with van der Waals surface area (Å²) in [5, 5.41) is 17.5. The molecule has 0 bridgehead atoms. The zero-order valence-electron chi connectivity index (χ0n) is 19.8. The van der Waals surface area contributed by atoms with Crippen LogP contribution in [0.15, 0.2) is 126 Å². The molecule has 0 unspecified atom stereocenters. The van der Waals surface area contributed by atoms with E-state index in [-0.39, 0.29) is 5.75 Å². The van der Waals surface area contributed by atoms with Gasteiger partial charge in [0.05, 0.1) is 16.4 Å². The van der Waals surface area contributed by atoms with Gasteiger partial charge in [0.2, 0.25) is 0 Å². The summed E-state index contributed by atoms with van der Waals surface area (Å²) in [6.07, 6.45) is 0. The fraction of sp³-hybridized carbons (Fsp3) is 0. The second-order valence-electron chi connectivity index (χ2n) is 9.52. The van der Waals surface area contributed by atoms with Crippen molar-refractivity contribution in [1.29, 1.82) is 0 Å². The van der Waals surface area contributed by atoms with Gasteiger partial charge in [-0.3, -0.25) is 0 Å². The lowest BCUT2D eigenvalue weighted by molar-refractivity contribution is 0.482. The molecule has 3 heteroatoms. The van der Waals surface area contributed by atoms with Gasteiger partial charge >= 0.3 is 0 Å². The lowest BCUT2D eigenvalue weighted by atomic mass is 9.94. The number of hydrogen-bond acceptors (Lipinski definition) is 2. The van der Waals surface area contributed by atoms with Crippen molar-refractivity contribution in [3.8, 4) is 22.6 Å². The maximum atomic E-state index is 11.1. The Balaban J connectivity index is 1.52. The van der Waals surface area contributed by atoms with Gasteiger partial charge < -0.3 is 14.1 Å². The van der Waals surface area contributed by atoms with Crippen LogP contribution in [0.3, 0.4) is 0 Å². The normalized spacial score (nSPS) is 11.9. The van der Waals surface area contributed by atoms with Crippen molar-refractivity contribution in [2.75, 3.05) is 0 Å². The highest BCUT2D eigenvalue weighted by Gasteiger charge is 2.19. The maximum Gasteiger partial charge on any atom is 0.139 e. The van der Waals surface area contributed by atoms with Crippen LogP contribution in [0.2, 0.25) is 0 Å². The van der Waals surface area contributed by atoms with Gasteiger partial charge in [-0.1, -0.05) is 78.9 Å². The highest BCUT2D eigenvalue weighted by Crippen LogP contribution is 2.44. The first-order valence-electron chi connectivity index (χ1n) is 12.4. The number of phenolic OH excluding ortho intramolecular Hbond substituents is 1. The summed E-state index contributed by atoms with van der Waals surface area (Å²) >= 11 is 0. The van der Waals surface area contributed by atoms with E-state index in [0.29, 0.717) is 5.58 Å². The Hall–Kier alpha value is -5.02. The Morgan fingerprint density at radius 3 is 2.05 bits per heavy atom. The van der Waals surface area contributed by atoms with Crippen LogP contribution in [0.4, 0.5) is 0 Å². The second kappa shape index (κ2) is 7.49. The molecule has 174 valence electrons. The van der Waals surface area contributed by atoms with Crippen molar-refractivity contribution in [3.05, 3.63) is 121 Å². The third-order valence-corrected chi connectivity index (χ3v) is 7.46. The largest absolute Gasteiger partial charge is 0.507 e. The van der Waals surface area contributed by atoms with Gasteiger partial charge in [-0.05, 0) is 59.0 Å². The van der Waals surface area contributed by atoms with Gasteiger partial charge in [-0.25, -0.2) is 0 Å². The van der Waals surface area contributed by atoms with E-state index in [9.17, 15) is 5.11 Å². The number of furan rings is 1. The zero-order valence-corrected chi connectivity index (χ0v) is 19.8. The van der Waals surface area contributed by atoms with E-state index in [0.717, 1.165) is 38.6 Å². The SMILES string of the molecule is Oc1cc(-c2cc3c4ccccc4n(-c4ccccc4)c3c3ccccc23)cc2oc3ccccc3c12. The average Bonchev–Trinajstić information content (AvgIpc) is 3.49. The Kier molecular flexibility index (Phi) is 4.09. The number of aromatic hydroxyl groups is 1. The van der Waals surface area contributed by atoms with E-state index in [1.54, 1.807) is 0 Å². The Bertz CT molecular complexity index is 2150. The monoisotopic (exact) mass is 475 g/mol. The van der Waals surface area contributed by atoms with Gasteiger partial charge in [0, 0.05) is 27.2 Å². The molecule has 6 aromatic carbocycles. The quantitative estimate of drug-likeness (QED) is 0.271. The summed E-state index contributed by atoms with van der Waals surface area (Å²) in [7, 11) is 0. The molecule has 3 nitrogen and oxygen atoms in total. The van der Waals surface area contributed by atoms with Crippen molar-refractivity contribution < 1.29 is 9.52 Å². The van der Waals surface area contributed by atoms with Gasteiger partial charge in [-0.2, -0.15) is 0 Å². The molecular formula is C34H21NO2. The molecule has 0 saturated heterocycles. The fourth-order valence-electron chi connectivity index (χ4n) is 5.90. The van der Waals surface area contributed by atoms with E-state index < -0.39 is 0 Å². The van der Waals surface area contributed by atoms with Crippen molar-refractivity contribution >= 4 is 54.5 Å². The predicted octanol–water partition coefficient (Wildman–Crippen LogP) is 9.21. The van der Waals surface area contributed by atoms with E-state index in [1.807, 2.05) is 36.4 Å². The molecule has 0 aliphatic rings. The molecule has 0 amide bonds. The number of para-hydroxylation sites is 3. The Labute approximate surface area is 212 Å². The number of rotatable bonds is 2. The smallest absolute Gasteiger partial charge is 0.139 e. The molecule has 0 aliphatic heterocycles. The first-order chi connectivity index (χ1) is 18.3. The molecule has 0 atom stereocenters. The summed E-state index contributed by atoms with van der Waals surface area (Å²) in [4.78, 5) is 0. The van der Waals surface area contributed by atoms with Crippen molar-refractivity contribution in [2.24, 2.45) is 0 Å². The molecule has 0 aliphatic carbocycles. The first-order valence-corrected chi connectivity index (χ1v) is 12.4. The Morgan fingerprint density at radius 2 is 1.22 bits per heavy atom. The Morgan fingerprint density at radius 1 is 0.541 bits per heavy atom. The second-order valence-corrected chi connectivity index (χ2v) is 9.52. The van der Waals surface area contributed by atoms with Crippen LogP contribution in [0.25, 0.3) is 71.3 Å². The summed E-state index contributed by atoms with van der Waals surface area (Å²) < 4.78 is 8.52. The van der Waals surface area contributed by atoms with Gasteiger partial charge in [0.1, 0.15) is 16.9 Å². The van der Waals surface area contributed by atoms with E-state index in [2.05, 4.69) is 89.5 Å². The van der Waals surface area contributed by atoms with Crippen LogP contribution >= 0.6 is 0 Å². The summed E-state index contributed by atoms with van der Waals surface area (Å²) in [6, 6.07) is 41.6. The molecule has 0 fully saturated rings. The number of hydrogen-bond donors (Lipinski definition) is 1. The number of benzene rings is 6. The highest BCUT2D eigenvalue weighted by atomic mass is 16.3. The minimum atomic E-state index is 0.230.